The molecule has 1 saturated heterocycles. The number of hydrogen-bond donors (Lipinski definition) is 14. The summed E-state index contributed by atoms with van der Waals surface area (Å²) in [5.74, 6) is -11.9. The summed E-state index contributed by atoms with van der Waals surface area (Å²) in [7, 11) is -4.92. The lowest BCUT2D eigenvalue weighted by atomic mass is 10.0. The SMILES string of the molecule is CSCC[C@@H]1NC(=O)[C@H](Cc2c[nH]c3ccccc23)NC(=O)[C@@H](NC(=O)[C@H](CCSC)NC(=O)[C@H](Cc2ccc(OS(=O)(=O)O)cc2)NC(=O)[C@@H](N)CC(=O)O)CNC(=O)[C@H](C)NC(=O)[C@H](Cc2ccccc2)NC(=O)[C@H](CC(=O)O)NC1=O. The molecule has 9 amide bonds. The molecule has 5 rings (SSSR count). The lowest BCUT2D eigenvalue weighted by molar-refractivity contribution is -0.141. The molecule has 28 nitrogen and oxygen atoms in total. The second-order valence-electron chi connectivity index (χ2n) is 19.4. The van der Waals surface area contributed by atoms with Gasteiger partial charge < -0.3 is 73.0 Å². The van der Waals surface area contributed by atoms with Crippen LogP contribution in [0.4, 0.5) is 0 Å². The van der Waals surface area contributed by atoms with Gasteiger partial charge in [0, 0.05) is 42.9 Å². The topological polar surface area (TPSA) is 442 Å². The van der Waals surface area contributed by atoms with E-state index < -0.39 is 149 Å². The predicted octanol–water partition coefficient (Wildman–Crippen LogP) is -1.81. The van der Waals surface area contributed by atoms with Crippen molar-refractivity contribution in [1.82, 2.24) is 52.8 Å². The van der Waals surface area contributed by atoms with E-state index >= 15 is 0 Å². The highest BCUT2D eigenvalue weighted by atomic mass is 32.3. The molecule has 9 atom stereocenters. The number of aromatic nitrogens is 1. The standard InChI is InChI=1S/C53H67N11O17S3/c1-28-45(69)56-27-42(64-48(72)37(18-20-83-3)58-50(74)39(60-46(70)34(54)24-43(65)66)22-30-13-15-32(16-14-30)81-84(78,79)80)53(77)62-40(23-31-26-55-35-12-8-7-11-33(31)35)51(75)59-36(17-19-82-2)47(71)63-41(25-44(67)68)52(76)61-38(49(73)57-28)21-29-9-5-4-6-10-29/h4-16,26,28,34,36-42,55H,17-25,27,54H2,1-3H3,(H,56,69)(H,57,73)(H,58,74)(H,59,75)(H,60,70)(H,61,76)(H,62,77)(H,63,71)(H,64,72)(H,65,66)(H,67,68)(H,78,79,80)/t28-,34-,36-,37-,38-,39-,40-,41-,42-/m0/s1. The van der Waals surface area contributed by atoms with Gasteiger partial charge in [0.1, 0.15) is 54.1 Å². The Morgan fingerprint density at radius 2 is 1.25 bits per heavy atom. The van der Waals surface area contributed by atoms with Crippen LogP contribution in [0.25, 0.3) is 10.9 Å². The fraction of sp³-hybridized carbons (Fsp3) is 0.415. The van der Waals surface area contributed by atoms with Crippen LogP contribution in [-0.2, 0) is 82.4 Å². The number of carboxylic acid groups (broad SMARTS) is 2. The maximum Gasteiger partial charge on any atom is 0.446 e. The fourth-order valence-electron chi connectivity index (χ4n) is 8.57. The first-order valence-corrected chi connectivity index (χ1v) is 30.2. The average molecular weight is 1230 g/mol. The van der Waals surface area contributed by atoms with Crippen molar-refractivity contribution >= 4 is 110 Å². The van der Waals surface area contributed by atoms with Crippen LogP contribution in [0.3, 0.4) is 0 Å². The molecule has 4 aromatic rings. The molecule has 454 valence electrons. The van der Waals surface area contributed by atoms with Gasteiger partial charge in [0.15, 0.2) is 0 Å². The molecule has 0 unspecified atom stereocenters. The summed E-state index contributed by atoms with van der Waals surface area (Å²) in [6, 6.07) is 5.81. The van der Waals surface area contributed by atoms with Crippen LogP contribution in [0.2, 0.25) is 0 Å². The predicted molar refractivity (Wildman–Crippen MR) is 307 cm³/mol. The van der Waals surface area contributed by atoms with E-state index in [2.05, 4.69) is 57.0 Å². The zero-order valence-electron chi connectivity index (χ0n) is 45.7. The van der Waals surface area contributed by atoms with Crippen LogP contribution >= 0.6 is 23.5 Å². The minimum atomic E-state index is -4.92. The number of aromatic amines is 1. The minimum Gasteiger partial charge on any atom is -0.481 e. The number of hydrogen-bond acceptors (Lipinski definition) is 17. The minimum absolute atomic E-state index is 0.0728. The van der Waals surface area contributed by atoms with Crippen molar-refractivity contribution in [1.29, 1.82) is 0 Å². The van der Waals surface area contributed by atoms with E-state index in [9.17, 15) is 71.4 Å². The van der Waals surface area contributed by atoms with Crippen molar-refractivity contribution in [2.24, 2.45) is 5.73 Å². The third kappa shape index (κ3) is 21.2. The van der Waals surface area contributed by atoms with Crippen LogP contribution < -0.4 is 57.8 Å². The van der Waals surface area contributed by atoms with Gasteiger partial charge in [0.05, 0.1) is 18.9 Å². The highest BCUT2D eigenvalue weighted by Crippen LogP contribution is 2.20. The molecule has 3 aromatic carbocycles. The highest BCUT2D eigenvalue weighted by molar-refractivity contribution is 7.98. The van der Waals surface area contributed by atoms with Gasteiger partial charge >= 0.3 is 22.3 Å². The molecule has 2 heterocycles. The molecule has 0 aliphatic carbocycles. The zero-order valence-corrected chi connectivity index (χ0v) is 48.2. The molecule has 1 fully saturated rings. The van der Waals surface area contributed by atoms with Crippen molar-refractivity contribution in [3.63, 3.8) is 0 Å². The number of nitrogens with one attached hydrogen (secondary N) is 10. The number of amides is 9. The Bertz CT molecular complexity index is 3130. The summed E-state index contributed by atoms with van der Waals surface area (Å²) >= 11 is 2.55. The molecule has 1 aliphatic heterocycles. The summed E-state index contributed by atoms with van der Waals surface area (Å²) < 4.78 is 36.2. The van der Waals surface area contributed by atoms with Gasteiger partial charge in [-0.3, -0.25) is 57.3 Å². The van der Waals surface area contributed by atoms with Crippen molar-refractivity contribution < 1.29 is 80.1 Å². The number of carbonyl (C=O) groups is 11. The molecule has 0 spiro atoms. The average Bonchev–Trinajstić information content (AvgIpc) is 3.98. The van der Waals surface area contributed by atoms with Gasteiger partial charge in [0.2, 0.25) is 53.2 Å². The van der Waals surface area contributed by atoms with E-state index in [4.69, 9.17) is 10.3 Å². The molecule has 1 aliphatic rings. The molecule has 0 saturated carbocycles. The number of nitrogens with two attached hydrogens (primary N) is 1. The Hall–Kier alpha value is -8.26. The van der Waals surface area contributed by atoms with Crippen LogP contribution in [0.5, 0.6) is 5.75 Å². The largest absolute Gasteiger partial charge is 0.481 e. The quantitative estimate of drug-likeness (QED) is 0.0344. The number of benzene rings is 3. The Kier molecular flexibility index (Phi) is 25.3. The first-order valence-electron chi connectivity index (χ1n) is 26.1. The molecular weight excluding hydrogens is 1160 g/mol. The van der Waals surface area contributed by atoms with E-state index in [1.807, 2.05) is 0 Å². The second kappa shape index (κ2) is 32.0. The molecular formula is C53H67N11O17S3. The van der Waals surface area contributed by atoms with Crippen LogP contribution in [0.15, 0.2) is 85.1 Å². The number of para-hydroxylation sites is 1. The molecule has 31 heteroatoms. The van der Waals surface area contributed by atoms with E-state index in [0.29, 0.717) is 22.0 Å². The van der Waals surface area contributed by atoms with Crippen molar-refractivity contribution in [2.75, 3.05) is 30.6 Å². The van der Waals surface area contributed by atoms with Gasteiger partial charge in [-0.15, -0.1) is 0 Å². The summed E-state index contributed by atoms with van der Waals surface area (Å²) in [6.07, 6.45) is 2.18. The van der Waals surface area contributed by atoms with Crippen molar-refractivity contribution in [3.05, 3.63) is 102 Å². The fourth-order valence-corrected chi connectivity index (χ4v) is 9.86. The van der Waals surface area contributed by atoms with E-state index in [1.54, 1.807) is 73.3 Å². The van der Waals surface area contributed by atoms with Crippen LogP contribution in [0, 0.1) is 0 Å². The molecule has 0 bridgehead atoms. The summed E-state index contributed by atoms with van der Waals surface area (Å²) in [6.45, 7) is 0.534. The first kappa shape index (κ1) is 66.5. The number of carboxylic acids is 2. The number of rotatable bonds is 24. The third-order valence-corrected chi connectivity index (χ3v) is 14.6. The Labute approximate surface area is 490 Å². The number of thioether (sulfide) groups is 2. The maximum absolute atomic E-state index is 14.9. The lowest BCUT2D eigenvalue weighted by Gasteiger charge is -2.28. The number of fused-ring (bicyclic) bond motifs is 1. The molecule has 15 N–H and O–H groups in total. The van der Waals surface area contributed by atoms with E-state index in [-0.39, 0.29) is 54.9 Å². The third-order valence-electron chi connectivity index (χ3n) is 12.9. The molecule has 1 aromatic heterocycles. The highest BCUT2D eigenvalue weighted by Gasteiger charge is 2.37. The monoisotopic (exact) mass is 1230 g/mol. The lowest BCUT2D eigenvalue weighted by Crippen LogP contribution is -2.62. The van der Waals surface area contributed by atoms with Gasteiger partial charge in [0.25, 0.3) is 0 Å². The van der Waals surface area contributed by atoms with Crippen LogP contribution in [0.1, 0.15) is 49.3 Å². The van der Waals surface area contributed by atoms with Crippen molar-refractivity contribution in [2.45, 2.75) is 106 Å². The number of aliphatic carboxylic acids is 2. The Morgan fingerprint density at radius 1 is 0.667 bits per heavy atom. The van der Waals surface area contributed by atoms with Crippen LogP contribution in [-0.4, -0.2) is 178 Å². The second-order valence-corrected chi connectivity index (χ2v) is 22.4. The van der Waals surface area contributed by atoms with E-state index in [0.717, 1.165) is 12.1 Å². The summed E-state index contributed by atoms with van der Waals surface area (Å²) in [5, 5.41) is 42.6. The van der Waals surface area contributed by atoms with Crippen molar-refractivity contribution in [3.8, 4) is 5.75 Å². The van der Waals surface area contributed by atoms with Gasteiger partial charge in [-0.25, -0.2) is 0 Å². The Morgan fingerprint density at radius 3 is 1.90 bits per heavy atom. The Balaban J connectivity index is 1.55. The summed E-state index contributed by atoms with van der Waals surface area (Å²) in [5.41, 5.74) is 7.77. The molecule has 0 radical (unpaired) electrons. The number of carbonyl (C=O) groups excluding carboxylic acids is 9. The smallest absolute Gasteiger partial charge is 0.446 e. The number of H-pyrrole nitrogens is 1. The van der Waals surface area contributed by atoms with Gasteiger partial charge in [-0.05, 0) is 78.7 Å². The molecule has 84 heavy (non-hydrogen) atoms. The van der Waals surface area contributed by atoms with Gasteiger partial charge in [-0.1, -0.05) is 60.7 Å². The van der Waals surface area contributed by atoms with Gasteiger partial charge in [-0.2, -0.15) is 31.9 Å². The zero-order chi connectivity index (χ0) is 61.7. The van der Waals surface area contributed by atoms with E-state index in [1.165, 1.54) is 42.6 Å². The first-order chi connectivity index (χ1) is 39.8. The maximum atomic E-state index is 14.9. The normalized spacial score (nSPS) is 20.5. The summed E-state index contributed by atoms with van der Waals surface area (Å²) in [4.78, 5) is 155.